The SMILES string of the molecule is C#CCOC[C@@H](NC(=O)[C@H]1N2C(=O)[C@@H](NC(=S)[C@H](C)N(C)C(=O)OC(C)(C)C)CCS[C@H]2CC1(C)C)c1ccccc1. The van der Waals surface area contributed by atoms with Crippen molar-refractivity contribution in [2.75, 3.05) is 26.0 Å². The van der Waals surface area contributed by atoms with Gasteiger partial charge in [0.15, 0.2) is 0 Å². The largest absolute Gasteiger partial charge is 0.444 e. The van der Waals surface area contributed by atoms with Gasteiger partial charge in [-0.15, -0.1) is 18.2 Å². The average Bonchev–Trinajstić information content (AvgIpc) is 3.11. The predicted octanol–water partition coefficient (Wildman–Crippen LogP) is 4.12. The van der Waals surface area contributed by atoms with Gasteiger partial charge in [-0.1, -0.05) is 62.3 Å². The number of thioether (sulfide) groups is 1. The predicted molar refractivity (Wildman–Crippen MR) is 170 cm³/mol. The fraction of sp³-hybridized carbons (Fsp3) is 0.613. The molecule has 0 unspecified atom stereocenters. The van der Waals surface area contributed by atoms with Crippen molar-refractivity contribution in [2.24, 2.45) is 5.41 Å². The first-order chi connectivity index (χ1) is 19.7. The summed E-state index contributed by atoms with van der Waals surface area (Å²) in [6.07, 6.45) is 6.09. The molecule has 1 aromatic rings. The van der Waals surface area contributed by atoms with E-state index in [9.17, 15) is 14.4 Å². The zero-order valence-corrected chi connectivity index (χ0v) is 27.3. The van der Waals surface area contributed by atoms with E-state index in [1.807, 2.05) is 44.2 Å². The van der Waals surface area contributed by atoms with Crippen LogP contribution in [0.15, 0.2) is 30.3 Å². The van der Waals surface area contributed by atoms with Crippen molar-refractivity contribution in [3.05, 3.63) is 35.9 Å². The maximum absolute atomic E-state index is 14.1. The summed E-state index contributed by atoms with van der Waals surface area (Å²) in [4.78, 5) is 44.2. The molecule has 2 aliphatic rings. The quantitative estimate of drug-likeness (QED) is 0.243. The Labute approximate surface area is 259 Å². The molecule has 2 aliphatic heterocycles. The summed E-state index contributed by atoms with van der Waals surface area (Å²) in [5.41, 5.74) is -0.223. The molecule has 0 bridgehead atoms. The Bertz CT molecular complexity index is 1180. The molecule has 11 heteroatoms. The Morgan fingerprint density at radius 2 is 1.95 bits per heavy atom. The first-order valence-corrected chi connectivity index (χ1v) is 15.7. The zero-order valence-electron chi connectivity index (χ0n) is 25.6. The number of likely N-dealkylation sites (N-methyl/N-ethyl adjacent to an activating group) is 1. The minimum absolute atomic E-state index is 0.131. The Morgan fingerprint density at radius 1 is 1.29 bits per heavy atom. The minimum atomic E-state index is -0.695. The molecule has 0 radical (unpaired) electrons. The van der Waals surface area contributed by atoms with Crippen LogP contribution in [0.1, 0.15) is 66.0 Å². The van der Waals surface area contributed by atoms with Crippen LogP contribution >= 0.6 is 24.0 Å². The van der Waals surface area contributed by atoms with Crippen molar-refractivity contribution in [1.29, 1.82) is 0 Å². The number of fused-ring (bicyclic) bond motifs is 1. The number of amides is 3. The van der Waals surface area contributed by atoms with E-state index in [1.54, 1.807) is 51.4 Å². The van der Waals surface area contributed by atoms with Gasteiger partial charge < -0.3 is 29.9 Å². The highest BCUT2D eigenvalue weighted by Crippen LogP contribution is 2.46. The number of hydrogen-bond acceptors (Lipinski definition) is 7. The van der Waals surface area contributed by atoms with E-state index in [1.165, 1.54) is 4.90 Å². The lowest BCUT2D eigenvalue weighted by molar-refractivity contribution is -0.142. The number of nitrogens with zero attached hydrogens (tertiary/aromatic N) is 2. The topological polar surface area (TPSA) is 100 Å². The third-order valence-electron chi connectivity index (χ3n) is 7.49. The van der Waals surface area contributed by atoms with Crippen molar-refractivity contribution < 1.29 is 23.9 Å². The number of ether oxygens (including phenoxy) is 2. The molecule has 0 saturated carbocycles. The van der Waals surface area contributed by atoms with Crippen LogP contribution in [0.25, 0.3) is 0 Å². The van der Waals surface area contributed by atoms with Gasteiger partial charge in [0.2, 0.25) is 11.8 Å². The number of rotatable bonds is 9. The van der Waals surface area contributed by atoms with Crippen LogP contribution in [0, 0.1) is 17.8 Å². The molecule has 3 rings (SSSR count). The molecular formula is C31H44N4O5S2. The van der Waals surface area contributed by atoms with Crippen LogP contribution in [0.5, 0.6) is 0 Å². The average molecular weight is 617 g/mol. The second-order valence-corrected chi connectivity index (χ2v) is 14.2. The van der Waals surface area contributed by atoms with E-state index < -0.39 is 41.3 Å². The summed E-state index contributed by atoms with van der Waals surface area (Å²) in [5, 5.41) is 6.22. The highest BCUT2D eigenvalue weighted by molar-refractivity contribution is 7.99. The maximum Gasteiger partial charge on any atom is 0.410 e. The standard InChI is InChI=1S/C31H44N4O5S2/c1-9-16-39-19-23(21-13-11-10-12-14-21)32-26(36)25-31(6,7)18-24-35(25)28(37)22(15-17-42-24)33-27(41)20(2)34(8)29(38)40-30(3,4)5/h1,10-14,20,22-25H,15-19H2,2-8H3,(H,32,36)(H,33,41)/t20-,22-,23+,24-,25+/m0/s1. The smallest absolute Gasteiger partial charge is 0.410 e. The number of nitrogens with one attached hydrogen (secondary N) is 2. The van der Waals surface area contributed by atoms with Crippen molar-refractivity contribution in [3.8, 4) is 12.3 Å². The fourth-order valence-electron chi connectivity index (χ4n) is 5.20. The van der Waals surface area contributed by atoms with Crippen molar-refractivity contribution in [3.63, 3.8) is 0 Å². The third kappa shape index (κ3) is 8.39. The molecule has 3 amide bonds. The Balaban J connectivity index is 1.79. The summed E-state index contributed by atoms with van der Waals surface area (Å²) >= 11 is 7.34. The molecule has 2 fully saturated rings. The van der Waals surface area contributed by atoms with Gasteiger partial charge in [0.1, 0.15) is 24.3 Å². The van der Waals surface area contributed by atoms with Gasteiger partial charge >= 0.3 is 6.09 Å². The van der Waals surface area contributed by atoms with Gasteiger partial charge in [0.25, 0.3) is 0 Å². The van der Waals surface area contributed by atoms with E-state index in [0.717, 1.165) is 11.3 Å². The molecule has 9 nitrogen and oxygen atoms in total. The molecule has 5 atom stereocenters. The summed E-state index contributed by atoms with van der Waals surface area (Å²) in [7, 11) is 1.62. The fourth-order valence-corrected chi connectivity index (χ4v) is 7.08. The summed E-state index contributed by atoms with van der Waals surface area (Å²) in [6, 6.07) is 7.32. The lowest BCUT2D eigenvalue weighted by atomic mass is 9.83. The van der Waals surface area contributed by atoms with Gasteiger partial charge in [-0.05, 0) is 57.3 Å². The van der Waals surface area contributed by atoms with Gasteiger partial charge in [0.05, 0.1) is 29.1 Å². The van der Waals surface area contributed by atoms with Crippen molar-refractivity contribution >= 4 is 46.9 Å². The summed E-state index contributed by atoms with van der Waals surface area (Å²) in [6.45, 7) is 11.6. The lowest BCUT2D eigenvalue weighted by Gasteiger charge is -2.36. The molecule has 0 aromatic heterocycles. The van der Waals surface area contributed by atoms with Gasteiger partial charge in [-0.25, -0.2) is 4.79 Å². The first-order valence-electron chi connectivity index (χ1n) is 14.2. The van der Waals surface area contributed by atoms with Crippen LogP contribution in [0.3, 0.4) is 0 Å². The first kappa shape index (κ1) is 33.7. The highest BCUT2D eigenvalue weighted by Gasteiger charge is 2.54. The van der Waals surface area contributed by atoms with Crippen molar-refractivity contribution in [2.45, 2.75) is 89.5 Å². The molecule has 42 heavy (non-hydrogen) atoms. The lowest BCUT2D eigenvalue weighted by Crippen LogP contribution is -2.58. The second kappa shape index (κ2) is 14.1. The number of hydrogen-bond donors (Lipinski definition) is 2. The number of benzene rings is 1. The molecule has 2 N–H and O–H groups in total. The van der Waals surface area contributed by atoms with Crippen LogP contribution in [0.2, 0.25) is 0 Å². The van der Waals surface area contributed by atoms with E-state index >= 15 is 0 Å². The van der Waals surface area contributed by atoms with E-state index in [-0.39, 0.29) is 30.4 Å². The van der Waals surface area contributed by atoms with Gasteiger partial charge in [-0.2, -0.15) is 0 Å². The zero-order chi connectivity index (χ0) is 31.2. The van der Waals surface area contributed by atoms with Crippen LogP contribution in [0.4, 0.5) is 4.79 Å². The van der Waals surface area contributed by atoms with E-state index in [2.05, 4.69) is 16.6 Å². The number of terminal acetylenes is 1. The van der Waals surface area contributed by atoms with Gasteiger partial charge in [0, 0.05) is 7.05 Å². The molecular weight excluding hydrogens is 572 g/mol. The monoisotopic (exact) mass is 616 g/mol. The third-order valence-corrected chi connectivity index (χ3v) is 9.20. The Hall–Kier alpha value is -2.81. The summed E-state index contributed by atoms with van der Waals surface area (Å²) in [5.74, 6) is 2.77. The summed E-state index contributed by atoms with van der Waals surface area (Å²) < 4.78 is 11.1. The Kier molecular flexibility index (Phi) is 11.3. The number of carbonyl (C=O) groups excluding carboxylic acids is 3. The van der Waals surface area contributed by atoms with Crippen LogP contribution < -0.4 is 10.6 Å². The van der Waals surface area contributed by atoms with Gasteiger partial charge in [-0.3, -0.25) is 9.59 Å². The number of thiocarbonyl (C=S) groups is 1. The number of carbonyl (C=O) groups is 3. The second-order valence-electron chi connectivity index (χ2n) is 12.5. The normalized spacial score (nSPS) is 23.0. The molecule has 2 saturated heterocycles. The minimum Gasteiger partial charge on any atom is -0.444 e. The molecule has 2 heterocycles. The molecule has 230 valence electrons. The molecule has 0 spiro atoms. The maximum atomic E-state index is 14.1. The van der Waals surface area contributed by atoms with Crippen LogP contribution in [-0.2, 0) is 19.1 Å². The molecule has 0 aliphatic carbocycles. The highest BCUT2D eigenvalue weighted by atomic mass is 32.2. The van der Waals surface area contributed by atoms with Crippen LogP contribution in [-0.4, -0.2) is 87.8 Å². The van der Waals surface area contributed by atoms with Crippen molar-refractivity contribution in [1.82, 2.24) is 20.4 Å². The molecule has 1 aromatic carbocycles. The Morgan fingerprint density at radius 3 is 2.57 bits per heavy atom. The van der Waals surface area contributed by atoms with E-state index in [4.69, 9.17) is 28.1 Å². The van der Waals surface area contributed by atoms with E-state index in [0.29, 0.717) is 17.8 Å².